The van der Waals surface area contributed by atoms with Gasteiger partial charge in [-0.25, -0.2) is 4.79 Å². The molecule has 3 heterocycles. The van der Waals surface area contributed by atoms with Crippen LogP contribution in [-0.4, -0.2) is 95.2 Å². The van der Waals surface area contributed by atoms with Crippen molar-refractivity contribution in [3.05, 3.63) is 30.5 Å². The molecule has 0 bridgehead atoms. The molecule has 1 aromatic heterocycles. The first-order valence-electron chi connectivity index (χ1n) is 16.7. The number of anilines is 1. The van der Waals surface area contributed by atoms with Gasteiger partial charge < -0.3 is 25.3 Å². The quantitative estimate of drug-likeness (QED) is 0.140. The number of nitrogens with zero attached hydrogens (tertiary/aromatic N) is 4. The van der Waals surface area contributed by atoms with E-state index in [0.717, 1.165) is 17.7 Å². The molecule has 2 aromatic rings. The Labute approximate surface area is 279 Å². The van der Waals surface area contributed by atoms with Crippen LogP contribution in [0.15, 0.2) is 30.5 Å². The van der Waals surface area contributed by atoms with Crippen molar-refractivity contribution in [2.45, 2.75) is 115 Å². The van der Waals surface area contributed by atoms with E-state index in [1.165, 1.54) is 0 Å². The molecule has 2 aliphatic rings. The molecule has 256 valence electrons. The number of unbranched alkanes of at least 4 members (excludes halogenated alkanes) is 1. The zero-order valence-corrected chi connectivity index (χ0v) is 28.9. The number of nitrogens with two attached hydrogens (primary N) is 1. The van der Waals surface area contributed by atoms with Crippen LogP contribution in [0.4, 0.5) is 10.5 Å². The Balaban J connectivity index is 1.52. The Hall–Kier alpha value is -3.45. The standard InChI is InChI=1S/C34H51BN6O6/c1-8-29-34(6)30(23(4)37-19-21(2)18-33(5,45-7)28(35)17-27(42)22(3)31(43)46-29)41(32(44)47-34)15-10-9-14-40-20-26(38-39-40)24-12-11-13-25(36)16-24/h11-13,16,20-23,28-30,37H,8-10,14-15,17-19,36H2,1-7H3/t21-,22-,23-,28-,29-,30-,33-,34-/m1/s1. The average Bonchev–Trinajstić information content (AvgIpc) is 3.61. The molecule has 2 radical (unpaired) electrons. The average molecular weight is 651 g/mol. The molecule has 0 unspecified atom stereocenters. The lowest BCUT2D eigenvalue weighted by molar-refractivity contribution is -0.169. The summed E-state index contributed by atoms with van der Waals surface area (Å²) >= 11 is 0. The van der Waals surface area contributed by atoms with E-state index < -0.39 is 47.1 Å². The number of amides is 1. The van der Waals surface area contributed by atoms with E-state index in [1.54, 1.807) is 23.6 Å². The predicted molar refractivity (Wildman–Crippen MR) is 180 cm³/mol. The maximum atomic E-state index is 13.5. The van der Waals surface area contributed by atoms with Crippen molar-refractivity contribution < 1.29 is 28.6 Å². The Bertz CT molecular complexity index is 1410. The highest BCUT2D eigenvalue weighted by molar-refractivity contribution is 6.15. The third kappa shape index (κ3) is 8.17. The van der Waals surface area contributed by atoms with Gasteiger partial charge in [0, 0.05) is 43.9 Å². The number of methoxy groups -OCH3 is 1. The normalized spacial score (nSPS) is 32.7. The van der Waals surface area contributed by atoms with Crippen LogP contribution < -0.4 is 11.1 Å². The smallest absolute Gasteiger partial charge is 0.410 e. The van der Waals surface area contributed by atoms with Crippen LogP contribution in [0.2, 0.25) is 5.82 Å². The molecule has 1 aromatic carbocycles. The van der Waals surface area contributed by atoms with E-state index in [4.69, 9.17) is 27.8 Å². The summed E-state index contributed by atoms with van der Waals surface area (Å²) in [5.74, 6) is -2.47. The number of esters is 1. The number of nitrogens with one attached hydrogen (secondary N) is 1. The number of aromatic nitrogens is 3. The largest absolute Gasteiger partial charge is 0.458 e. The number of fused-ring (bicyclic) bond motifs is 1. The van der Waals surface area contributed by atoms with Gasteiger partial charge in [0.25, 0.3) is 0 Å². The molecule has 13 heteroatoms. The molecular weight excluding hydrogens is 599 g/mol. The fourth-order valence-electron chi connectivity index (χ4n) is 7.01. The van der Waals surface area contributed by atoms with Crippen LogP contribution in [-0.2, 0) is 30.3 Å². The number of Topliss-reactive ketones (excluding diaryl/α,β-unsaturated/α-hetero) is 1. The molecule has 47 heavy (non-hydrogen) atoms. The number of aryl methyl sites for hydroxylation is 1. The third-order valence-corrected chi connectivity index (χ3v) is 10.0. The van der Waals surface area contributed by atoms with Gasteiger partial charge in [0.05, 0.1) is 25.7 Å². The summed E-state index contributed by atoms with van der Waals surface area (Å²) in [4.78, 5) is 41.8. The van der Waals surface area contributed by atoms with Crippen molar-refractivity contribution in [1.82, 2.24) is 25.2 Å². The van der Waals surface area contributed by atoms with E-state index >= 15 is 0 Å². The van der Waals surface area contributed by atoms with Crippen molar-refractivity contribution in [3.8, 4) is 11.3 Å². The molecule has 8 atom stereocenters. The van der Waals surface area contributed by atoms with Gasteiger partial charge in [-0.05, 0) is 83.8 Å². The van der Waals surface area contributed by atoms with Gasteiger partial charge in [-0.1, -0.05) is 31.2 Å². The first-order valence-corrected chi connectivity index (χ1v) is 16.7. The van der Waals surface area contributed by atoms with Gasteiger partial charge in [-0.15, -0.1) is 5.10 Å². The number of ether oxygens (including phenoxy) is 3. The van der Waals surface area contributed by atoms with Crippen LogP contribution >= 0.6 is 0 Å². The second-order valence-corrected chi connectivity index (χ2v) is 13.7. The number of ketones is 1. The summed E-state index contributed by atoms with van der Waals surface area (Å²) in [5.41, 5.74) is 6.29. The summed E-state index contributed by atoms with van der Waals surface area (Å²) in [7, 11) is 8.10. The zero-order valence-electron chi connectivity index (χ0n) is 28.9. The number of nitrogen functional groups attached to an aromatic ring is 1. The fourth-order valence-corrected chi connectivity index (χ4v) is 7.01. The van der Waals surface area contributed by atoms with E-state index in [0.29, 0.717) is 44.6 Å². The number of benzene rings is 1. The van der Waals surface area contributed by atoms with E-state index in [9.17, 15) is 14.4 Å². The summed E-state index contributed by atoms with van der Waals surface area (Å²) in [6.07, 6.45) is 3.06. The summed E-state index contributed by atoms with van der Waals surface area (Å²) in [5, 5.41) is 12.2. The highest BCUT2D eigenvalue weighted by Crippen LogP contribution is 2.39. The van der Waals surface area contributed by atoms with Gasteiger partial charge >= 0.3 is 12.1 Å². The van der Waals surface area contributed by atoms with Crippen LogP contribution in [0.5, 0.6) is 0 Å². The van der Waals surface area contributed by atoms with Crippen molar-refractivity contribution in [1.29, 1.82) is 0 Å². The van der Waals surface area contributed by atoms with Crippen molar-refractivity contribution in [3.63, 3.8) is 0 Å². The maximum Gasteiger partial charge on any atom is 0.410 e. The summed E-state index contributed by atoms with van der Waals surface area (Å²) < 4.78 is 19.7. The number of rotatable bonds is 8. The van der Waals surface area contributed by atoms with E-state index in [2.05, 4.69) is 22.6 Å². The van der Waals surface area contributed by atoms with Crippen molar-refractivity contribution in [2.75, 3.05) is 25.9 Å². The van der Waals surface area contributed by atoms with Crippen LogP contribution in [0.25, 0.3) is 11.3 Å². The molecule has 0 saturated carbocycles. The Morgan fingerprint density at radius 3 is 2.55 bits per heavy atom. The number of hydrogen-bond acceptors (Lipinski definition) is 10. The van der Waals surface area contributed by atoms with Crippen molar-refractivity contribution >= 4 is 31.4 Å². The van der Waals surface area contributed by atoms with Gasteiger partial charge in [-0.2, -0.15) is 0 Å². The topological polar surface area (TPSA) is 151 Å². The molecular formula is C34H51BN6O6. The Morgan fingerprint density at radius 2 is 1.87 bits per heavy atom. The maximum absolute atomic E-state index is 13.5. The highest BCUT2D eigenvalue weighted by atomic mass is 16.6. The van der Waals surface area contributed by atoms with Gasteiger partial charge in [0.1, 0.15) is 23.5 Å². The SMILES string of the molecule is [B][C@@H]1CC(=O)[C@@H](C)C(=O)O[C@H](CC)[C@@]2(C)OC(=O)N(CCCCn3cc(-c4cccc(N)c4)nn3)[C@@H]2[C@@H](C)NC[C@H](C)C[C@@]1(C)OC. The van der Waals surface area contributed by atoms with Gasteiger partial charge in [0.2, 0.25) is 0 Å². The summed E-state index contributed by atoms with van der Waals surface area (Å²) in [6, 6.07) is 6.84. The monoisotopic (exact) mass is 650 g/mol. The second kappa shape index (κ2) is 15.2. The van der Waals surface area contributed by atoms with Crippen LogP contribution in [0.3, 0.4) is 0 Å². The molecule has 12 nitrogen and oxygen atoms in total. The lowest BCUT2D eigenvalue weighted by Crippen LogP contribution is -2.60. The Kier molecular flexibility index (Phi) is 11.8. The summed E-state index contributed by atoms with van der Waals surface area (Å²) in [6.45, 7) is 13.0. The van der Waals surface area contributed by atoms with Crippen LogP contribution in [0, 0.1) is 11.8 Å². The fraction of sp³-hybridized carbons (Fsp3) is 0.676. The number of carbonyl (C=O) groups excluding carboxylic acids is 3. The lowest BCUT2D eigenvalue weighted by Gasteiger charge is -2.41. The zero-order chi connectivity index (χ0) is 34.5. The van der Waals surface area contributed by atoms with E-state index in [-0.39, 0.29) is 24.2 Å². The molecule has 2 aliphatic heterocycles. The molecule has 4 rings (SSSR count). The molecule has 1 amide bonds. The first kappa shape index (κ1) is 36.4. The van der Waals surface area contributed by atoms with Gasteiger partial charge in [0.15, 0.2) is 5.60 Å². The Morgan fingerprint density at radius 1 is 1.15 bits per heavy atom. The van der Waals surface area contributed by atoms with Crippen molar-refractivity contribution in [2.24, 2.45) is 11.8 Å². The minimum atomic E-state index is -1.16. The molecule has 0 spiro atoms. The lowest BCUT2D eigenvalue weighted by atomic mass is 9.67. The molecule has 2 saturated heterocycles. The second-order valence-electron chi connectivity index (χ2n) is 13.7. The number of carbonyl (C=O) groups is 3. The molecule has 2 fully saturated rings. The molecule has 3 N–H and O–H groups in total. The highest BCUT2D eigenvalue weighted by Gasteiger charge is 2.58. The minimum absolute atomic E-state index is 0.0204. The molecule has 0 aliphatic carbocycles. The van der Waals surface area contributed by atoms with Gasteiger partial charge in [-0.3, -0.25) is 19.2 Å². The third-order valence-electron chi connectivity index (χ3n) is 10.0. The van der Waals surface area contributed by atoms with Crippen LogP contribution in [0.1, 0.15) is 73.6 Å². The number of hydrogen-bond donors (Lipinski definition) is 2. The van der Waals surface area contributed by atoms with E-state index in [1.807, 2.05) is 58.2 Å². The first-order chi connectivity index (χ1) is 22.2. The minimum Gasteiger partial charge on any atom is -0.458 e. The predicted octanol–water partition coefficient (Wildman–Crippen LogP) is 4.18. The number of cyclic esters (lactones) is 1.